The third kappa shape index (κ3) is 2.84. The summed E-state index contributed by atoms with van der Waals surface area (Å²) in [6, 6.07) is 2.74. The Balaban J connectivity index is 2.79. The standard InChI is InChI=1S/C12H7Cl2F3N2O2/c1-5-9(14)18-11(21)19(10(5)20)6-2-3-8(13)7(4-6)12(15,16)17/h2-4H,1H3,(H,18,21). The van der Waals surface area contributed by atoms with Crippen molar-refractivity contribution in [3.8, 4) is 5.69 Å². The zero-order chi connectivity index (χ0) is 15.9. The molecule has 1 aromatic heterocycles. The topological polar surface area (TPSA) is 54.9 Å². The molecule has 0 amide bonds. The van der Waals surface area contributed by atoms with E-state index < -0.39 is 28.0 Å². The molecule has 0 fully saturated rings. The number of H-pyrrole nitrogens is 1. The maximum absolute atomic E-state index is 12.8. The van der Waals surface area contributed by atoms with Crippen LogP contribution in [0.15, 0.2) is 27.8 Å². The maximum Gasteiger partial charge on any atom is 0.417 e. The van der Waals surface area contributed by atoms with E-state index in [1.807, 2.05) is 0 Å². The smallest absolute Gasteiger partial charge is 0.297 e. The number of halogens is 5. The number of alkyl halides is 3. The minimum Gasteiger partial charge on any atom is -0.297 e. The van der Waals surface area contributed by atoms with E-state index in [-0.39, 0.29) is 16.4 Å². The molecule has 21 heavy (non-hydrogen) atoms. The van der Waals surface area contributed by atoms with Gasteiger partial charge in [-0.15, -0.1) is 0 Å². The van der Waals surface area contributed by atoms with Crippen LogP contribution in [0.1, 0.15) is 11.1 Å². The summed E-state index contributed by atoms with van der Waals surface area (Å²) in [7, 11) is 0. The van der Waals surface area contributed by atoms with Crippen molar-refractivity contribution < 1.29 is 13.2 Å². The Labute approximate surface area is 125 Å². The second-order valence-corrected chi connectivity index (χ2v) is 4.96. The van der Waals surface area contributed by atoms with Gasteiger partial charge in [0.25, 0.3) is 5.56 Å². The average Bonchev–Trinajstić information content (AvgIpc) is 2.36. The lowest BCUT2D eigenvalue weighted by Crippen LogP contribution is -2.35. The number of aromatic amines is 1. The Morgan fingerprint density at radius 1 is 1.19 bits per heavy atom. The summed E-state index contributed by atoms with van der Waals surface area (Å²) in [6.45, 7) is 1.34. The predicted molar refractivity (Wildman–Crippen MR) is 72.4 cm³/mol. The Bertz CT molecular complexity index is 825. The SMILES string of the molecule is Cc1c(Cl)[nH]c(=O)n(-c2ccc(Cl)c(C(F)(F)F)c2)c1=O. The van der Waals surface area contributed by atoms with E-state index in [1.54, 1.807) is 0 Å². The Morgan fingerprint density at radius 3 is 2.38 bits per heavy atom. The lowest BCUT2D eigenvalue weighted by molar-refractivity contribution is -0.137. The van der Waals surface area contributed by atoms with E-state index in [9.17, 15) is 22.8 Å². The monoisotopic (exact) mass is 338 g/mol. The van der Waals surface area contributed by atoms with Crippen molar-refractivity contribution in [1.82, 2.24) is 9.55 Å². The second-order valence-electron chi connectivity index (χ2n) is 4.17. The van der Waals surface area contributed by atoms with Gasteiger partial charge >= 0.3 is 11.9 Å². The lowest BCUT2D eigenvalue weighted by Gasteiger charge is -2.12. The van der Waals surface area contributed by atoms with Crippen LogP contribution in [0.4, 0.5) is 13.2 Å². The number of nitrogens with one attached hydrogen (secondary N) is 1. The molecule has 1 N–H and O–H groups in total. The lowest BCUT2D eigenvalue weighted by atomic mass is 10.2. The molecule has 0 bridgehead atoms. The maximum atomic E-state index is 12.8. The van der Waals surface area contributed by atoms with Gasteiger partial charge in [-0.3, -0.25) is 9.78 Å². The van der Waals surface area contributed by atoms with E-state index in [0.29, 0.717) is 10.6 Å². The molecule has 0 atom stereocenters. The minimum atomic E-state index is -4.70. The van der Waals surface area contributed by atoms with Crippen LogP contribution in [0, 0.1) is 6.92 Å². The number of rotatable bonds is 1. The third-order valence-electron chi connectivity index (χ3n) is 2.79. The molecule has 0 unspecified atom stereocenters. The molecule has 9 heteroatoms. The summed E-state index contributed by atoms with van der Waals surface area (Å²) in [6.07, 6.45) is -4.70. The van der Waals surface area contributed by atoms with Crippen LogP contribution in [-0.4, -0.2) is 9.55 Å². The Hall–Kier alpha value is -1.73. The number of hydrogen-bond acceptors (Lipinski definition) is 2. The van der Waals surface area contributed by atoms with Crippen molar-refractivity contribution in [2.45, 2.75) is 13.1 Å². The van der Waals surface area contributed by atoms with Gasteiger partial charge in [0.15, 0.2) is 0 Å². The molecule has 1 heterocycles. The van der Waals surface area contributed by atoms with E-state index in [1.165, 1.54) is 6.92 Å². The molecule has 0 saturated heterocycles. The Kier molecular flexibility index (Phi) is 3.90. The van der Waals surface area contributed by atoms with Crippen molar-refractivity contribution in [3.63, 3.8) is 0 Å². The normalized spacial score (nSPS) is 11.7. The van der Waals surface area contributed by atoms with Crippen molar-refractivity contribution in [2.24, 2.45) is 0 Å². The molecule has 0 aliphatic carbocycles. The predicted octanol–water partition coefficient (Wildman–Crippen LogP) is 3.16. The molecule has 112 valence electrons. The molecule has 0 aliphatic heterocycles. The van der Waals surface area contributed by atoms with Gasteiger partial charge in [-0.05, 0) is 25.1 Å². The molecule has 0 spiro atoms. The summed E-state index contributed by atoms with van der Waals surface area (Å²) in [5.74, 6) is 0. The Morgan fingerprint density at radius 2 is 1.81 bits per heavy atom. The first-order valence-corrected chi connectivity index (χ1v) is 6.27. The number of benzene rings is 1. The summed E-state index contributed by atoms with van der Waals surface area (Å²) < 4.78 is 39.0. The van der Waals surface area contributed by atoms with Crippen molar-refractivity contribution >= 4 is 23.2 Å². The van der Waals surface area contributed by atoms with E-state index in [4.69, 9.17) is 23.2 Å². The minimum absolute atomic E-state index is 0.0137. The van der Waals surface area contributed by atoms with Crippen LogP contribution in [0.3, 0.4) is 0 Å². The van der Waals surface area contributed by atoms with Crippen LogP contribution in [-0.2, 0) is 6.18 Å². The fourth-order valence-corrected chi connectivity index (χ4v) is 2.09. The average molecular weight is 339 g/mol. The van der Waals surface area contributed by atoms with Crippen LogP contribution in [0.25, 0.3) is 5.69 Å². The van der Waals surface area contributed by atoms with E-state index >= 15 is 0 Å². The summed E-state index contributed by atoms with van der Waals surface area (Å²) in [5, 5.41) is -0.687. The summed E-state index contributed by atoms with van der Waals surface area (Å²) in [4.78, 5) is 25.9. The van der Waals surface area contributed by atoms with Gasteiger partial charge in [0, 0.05) is 0 Å². The van der Waals surface area contributed by atoms with Crippen molar-refractivity contribution in [3.05, 3.63) is 60.3 Å². The van der Waals surface area contributed by atoms with Crippen molar-refractivity contribution in [1.29, 1.82) is 0 Å². The van der Waals surface area contributed by atoms with Gasteiger partial charge < -0.3 is 0 Å². The van der Waals surface area contributed by atoms with Gasteiger partial charge in [0.1, 0.15) is 5.15 Å². The van der Waals surface area contributed by atoms with Gasteiger partial charge in [-0.2, -0.15) is 13.2 Å². The molecule has 0 aliphatic rings. The summed E-state index contributed by atoms with van der Waals surface area (Å²) in [5.41, 5.74) is -3.12. The summed E-state index contributed by atoms with van der Waals surface area (Å²) >= 11 is 11.1. The van der Waals surface area contributed by atoms with E-state index in [2.05, 4.69) is 4.98 Å². The first-order chi connectivity index (χ1) is 9.62. The number of hydrogen-bond donors (Lipinski definition) is 1. The highest BCUT2D eigenvalue weighted by atomic mass is 35.5. The van der Waals surface area contributed by atoms with Gasteiger partial charge in [-0.1, -0.05) is 23.2 Å². The first kappa shape index (κ1) is 15.7. The molecular formula is C12H7Cl2F3N2O2. The highest BCUT2D eigenvalue weighted by Gasteiger charge is 2.33. The van der Waals surface area contributed by atoms with Crippen molar-refractivity contribution in [2.75, 3.05) is 0 Å². The first-order valence-electron chi connectivity index (χ1n) is 5.51. The fourth-order valence-electron chi connectivity index (χ4n) is 1.70. The van der Waals surface area contributed by atoms with Gasteiger partial charge in [0.05, 0.1) is 21.8 Å². The third-order valence-corrected chi connectivity index (χ3v) is 3.49. The number of nitrogens with zero attached hydrogens (tertiary/aromatic N) is 1. The van der Waals surface area contributed by atoms with E-state index in [0.717, 1.165) is 12.1 Å². The molecule has 4 nitrogen and oxygen atoms in total. The second kappa shape index (κ2) is 5.23. The zero-order valence-corrected chi connectivity index (χ0v) is 11.9. The van der Waals surface area contributed by atoms with Crippen LogP contribution >= 0.6 is 23.2 Å². The molecule has 0 radical (unpaired) electrons. The number of aromatic nitrogens is 2. The van der Waals surface area contributed by atoms with Crippen LogP contribution in [0.2, 0.25) is 10.2 Å². The largest absolute Gasteiger partial charge is 0.417 e. The molecule has 1 aromatic carbocycles. The molecular weight excluding hydrogens is 332 g/mol. The van der Waals surface area contributed by atoms with Crippen LogP contribution < -0.4 is 11.2 Å². The van der Waals surface area contributed by atoms with Gasteiger partial charge in [0.2, 0.25) is 0 Å². The highest BCUT2D eigenvalue weighted by Crippen LogP contribution is 2.35. The fraction of sp³-hybridized carbons (Fsp3) is 0.167. The van der Waals surface area contributed by atoms with Gasteiger partial charge in [-0.25, -0.2) is 9.36 Å². The molecule has 2 rings (SSSR count). The molecule has 0 saturated carbocycles. The van der Waals surface area contributed by atoms with Crippen LogP contribution in [0.5, 0.6) is 0 Å². The quantitative estimate of drug-likeness (QED) is 0.812. The highest BCUT2D eigenvalue weighted by molar-refractivity contribution is 6.31. The zero-order valence-electron chi connectivity index (χ0n) is 10.4. The molecule has 2 aromatic rings.